The second-order valence-corrected chi connectivity index (χ2v) is 6.20. The zero-order chi connectivity index (χ0) is 16.7. The first-order valence-corrected chi connectivity index (χ1v) is 8.61. The molecule has 0 aliphatic heterocycles. The lowest BCUT2D eigenvalue weighted by Crippen LogP contribution is -2.44. The van der Waals surface area contributed by atoms with Gasteiger partial charge >= 0.3 is 5.97 Å². The Kier molecular flexibility index (Phi) is 7.59. The van der Waals surface area contributed by atoms with Crippen LogP contribution in [0, 0.1) is 5.92 Å². The van der Waals surface area contributed by atoms with Crippen molar-refractivity contribution in [2.45, 2.75) is 38.6 Å². The third kappa shape index (κ3) is 5.13. The Labute approximate surface area is 141 Å². The smallest absolute Gasteiger partial charge is 0.328 e. The number of benzene rings is 1. The molecule has 5 heteroatoms. The van der Waals surface area contributed by atoms with E-state index >= 15 is 0 Å². The minimum Gasteiger partial charge on any atom is -0.464 e. The predicted octanol–water partition coefficient (Wildman–Crippen LogP) is 3.63. The highest BCUT2D eigenvalue weighted by Gasteiger charge is 2.29. The summed E-state index contributed by atoms with van der Waals surface area (Å²) in [7, 11) is 1.66. The van der Waals surface area contributed by atoms with Crippen LogP contribution in [0.2, 0.25) is 0 Å². The average Bonchev–Trinajstić information content (AvgIpc) is 2.51. The van der Waals surface area contributed by atoms with Crippen molar-refractivity contribution >= 4 is 27.8 Å². The highest BCUT2D eigenvalue weighted by atomic mass is 79.9. The summed E-state index contributed by atoms with van der Waals surface area (Å²) in [5.41, 5.74) is 1.67. The minimum absolute atomic E-state index is 0.167. The molecule has 1 rings (SSSR count). The zero-order valence-electron chi connectivity index (χ0n) is 13.6. The van der Waals surface area contributed by atoms with Gasteiger partial charge in [0.1, 0.15) is 6.04 Å². The molecule has 4 nitrogen and oxygen atoms in total. The number of hydrogen-bond donors (Lipinski definition) is 0. The van der Waals surface area contributed by atoms with Crippen LogP contribution in [0.25, 0.3) is 0 Å². The Morgan fingerprint density at radius 1 is 1.23 bits per heavy atom. The lowest BCUT2D eigenvalue weighted by molar-refractivity contribution is -0.148. The lowest BCUT2D eigenvalue weighted by atomic mass is 10.0. The second kappa shape index (κ2) is 8.93. The normalized spacial score (nSPS) is 12.1. The molecule has 0 aromatic heterocycles. The van der Waals surface area contributed by atoms with Crippen molar-refractivity contribution in [1.82, 2.24) is 4.90 Å². The summed E-state index contributed by atoms with van der Waals surface area (Å²) in [5.74, 6) is -0.218. The van der Waals surface area contributed by atoms with Gasteiger partial charge in [-0.15, -0.1) is 0 Å². The third-order valence-corrected chi connectivity index (χ3v) is 4.04. The summed E-state index contributed by atoms with van der Waals surface area (Å²) in [6.07, 6.45) is 0.584. The summed E-state index contributed by atoms with van der Waals surface area (Å²) in [4.78, 5) is 26.2. The number of alkyl halides is 1. The number of ether oxygens (including phenoxy) is 1. The standard InChI is InChI=1S/C17H24BrNO3/c1-5-22-17(21)15(10-12(2)3)19(4)16(20)14-8-6-13(11-18)7-9-14/h6-9,12,15H,5,10-11H2,1-4H3/t15-/m0/s1. The number of nitrogens with zero attached hydrogens (tertiary/aromatic N) is 1. The molecule has 0 aliphatic rings. The summed E-state index contributed by atoms with van der Waals surface area (Å²) in [6, 6.07) is 6.82. The summed E-state index contributed by atoms with van der Waals surface area (Å²) in [5, 5.41) is 0.746. The van der Waals surface area contributed by atoms with E-state index in [2.05, 4.69) is 15.9 Å². The molecule has 1 atom stereocenters. The van der Waals surface area contributed by atoms with Crippen LogP contribution in [-0.2, 0) is 14.9 Å². The first kappa shape index (κ1) is 18.7. The molecular formula is C17H24BrNO3. The maximum absolute atomic E-state index is 12.6. The second-order valence-electron chi connectivity index (χ2n) is 5.64. The van der Waals surface area contributed by atoms with Crippen LogP contribution in [0.15, 0.2) is 24.3 Å². The third-order valence-electron chi connectivity index (χ3n) is 3.40. The Balaban J connectivity index is 2.92. The van der Waals surface area contributed by atoms with Gasteiger partial charge in [0.05, 0.1) is 6.61 Å². The van der Waals surface area contributed by atoms with E-state index in [-0.39, 0.29) is 11.9 Å². The van der Waals surface area contributed by atoms with E-state index in [1.807, 2.05) is 26.0 Å². The SMILES string of the molecule is CCOC(=O)[C@H](CC(C)C)N(C)C(=O)c1ccc(CBr)cc1. The van der Waals surface area contributed by atoms with E-state index in [9.17, 15) is 9.59 Å². The molecule has 0 saturated carbocycles. The number of carbonyl (C=O) groups excluding carboxylic acids is 2. The predicted molar refractivity (Wildman–Crippen MR) is 91.0 cm³/mol. The van der Waals surface area contributed by atoms with E-state index in [1.54, 1.807) is 26.1 Å². The molecule has 0 fully saturated rings. The number of carbonyl (C=O) groups is 2. The Morgan fingerprint density at radius 2 is 1.82 bits per heavy atom. The molecule has 1 aromatic carbocycles. The Bertz CT molecular complexity index is 499. The number of hydrogen-bond acceptors (Lipinski definition) is 3. The fraction of sp³-hybridized carbons (Fsp3) is 0.529. The molecule has 0 radical (unpaired) electrons. The van der Waals surface area contributed by atoms with Gasteiger partial charge in [-0.25, -0.2) is 4.79 Å². The number of esters is 1. The first-order valence-electron chi connectivity index (χ1n) is 7.49. The summed E-state index contributed by atoms with van der Waals surface area (Å²) < 4.78 is 5.11. The van der Waals surface area contributed by atoms with Crippen molar-refractivity contribution in [3.63, 3.8) is 0 Å². The first-order chi connectivity index (χ1) is 10.4. The van der Waals surface area contributed by atoms with E-state index in [0.29, 0.717) is 24.5 Å². The molecule has 1 amide bonds. The largest absolute Gasteiger partial charge is 0.464 e. The topological polar surface area (TPSA) is 46.6 Å². The molecule has 0 unspecified atom stereocenters. The van der Waals surface area contributed by atoms with Crippen LogP contribution >= 0.6 is 15.9 Å². The van der Waals surface area contributed by atoms with Crippen molar-refractivity contribution in [3.8, 4) is 0 Å². The van der Waals surface area contributed by atoms with Gasteiger partial charge in [0.25, 0.3) is 5.91 Å². The molecule has 122 valence electrons. The summed E-state index contributed by atoms with van der Waals surface area (Å²) >= 11 is 3.38. The molecule has 0 spiro atoms. The van der Waals surface area contributed by atoms with Gasteiger partial charge < -0.3 is 9.64 Å². The van der Waals surface area contributed by atoms with Gasteiger partial charge in [-0.3, -0.25) is 4.79 Å². The van der Waals surface area contributed by atoms with Crippen LogP contribution in [0.1, 0.15) is 43.1 Å². The maximum atomic E-state index is 12.6. The Hall–Kier alpha value is -1.36. The monoisotopic (exact) mass is 369 g/mol. The van der Waals surface area contributed by atoms with Gasteiger partial charge in [0.2, 0.25) is 0 Å². The van der Waals surface area contributed by atoms with Gasteiger partial charge in [0.15, 0.2) is 0 Å². The van der Waals surface area contributed by atoms with Gasteiger partial charge in [0, 0.05) is 17.9 Å². The van der Waals surface area contributed by atoms with Crippen LogP contribution in [0.5, 0.6) is 0 Å². The van der Waals surface area contributed by atoms with Crippen molar-refractivity contribution in [1.29, 1.82) is 0 Å². The van der Waals surface area contributed by atoms with Crippen molar-refractivity contribution in [2.24, 2.45) is 5.92 Å². The van der Waals surface area contributed by atoms with E-state index < -0.39 is 6.04 Å². The van der Waals surface area contributed by atoms with Gasteiger partial charge in [-0.05, 0) is 37.0 Å². The number of amides is 1. The van der Waals surface area contributed by atoms with Crippen molar-refractivity contribution < 1.29 is 14.3 Å². The van der Waals surface area contributed by atoms with Crippen LogP contribution in [0.4, 0.5) is 0 Å². The van der Waals surface area contributed by atoms with E-state index in [1.165, 1.54) is 4.90 Å². The molecule has 0 aliphatic carbocycles. The summed E-state index contributed by atoms with van der Waals surface area (Å²) in [6.45, 7) is 6.13. The van der Waals surface area contributed by atoms with Gasteiger partial charge in [-0.1, -0.05) is 41.9 Å². The fourth-order valence-electron chi connectivity index (χ4n) is 2.18. The van der Waals surface area contributed by atoms with Crippen LogP contribution in [0.3, 0.4) is 0 Å². The number of likely N-dealkylation sites (N-methyl/N-ethyl adjacent to an activating group) is 1. The van der Waals surface area contributed by atoms with Crippen LogP contribution < -0.4 is 0 Å². The van der Waals surface area contributed by atoms with E-state index in [0.717, 1.165) is 10.9 Å². The zero-order valence-corrected chi connectivity index (χ0v) is 15.2. The lowest BCUT2D eigenvalue weighted by Gasteiger charge is -2.28. The molecular weight excluding hydrogens is 346 g/mol. The maximum Gasteiger partial charge on any atom is 0.328 e. The number of halogens is 1. The molecule has 0 N–H and O–H groups in total. The van der Waals surface area contributed by atoms with Crippen molar-refractivity contribution in [2.75, 3.05) is 13.7 Å². The molecule has 1 aromatic rings. The molecule has 0 heterocycles. The van der Waals surface area contributed by atoms with E-state index in [4.69, 9.17) is 4.74 Å². The highest BCUT2D eigenvalue weighted by molar-refractivity contribution is 9.08. The molecule has 22 heavy (non-hydrogen) atoms. The molecule has 0 bridgehead atoms. The fourth-order valence-corrected chi connectivity index (χ4v) is 2.55. The Morgan fingerprint density at radius 3 is 2.27 bits per heavy atom. The average molecular weight is 370 g/mol. The van der Waals surface area contributed by atoms with Gasteiger partial charge in [-0.2, -0.15) is 0 Å². The van der Waals surface area contributed by atoms with Crippen LogP contribution in [-0.4, -0.2) is 36.5 Å². The minimum atomic E-state index is -0.552. The quantitative estimate of drug-likeness (QED) is 0.544. The number of rotatable bonds is 7. The highest BCUT2D eigenvalue weighted by Crippen LogP contribution is 2.16. The van der Waals surface area contributed by atoms with Crippen molar-refractivity contribution in [3.05, 3.63) is 35.4 Å². The molecule has 0 saturated heterocycles.